The fourth-order valence-electron chi connectivity index (χ4n) is 3.49. The van der Waals surface area contributed by atoms with Gasteiger partial charge in [-0.3, -0.25) is 14.4 Å². The highest BCUT2D eigenvalue weighted by Crippen LogP contribution is 2.23. The molecule has 0 aliphatic carbocycles. The molecule has 10 heteroatoms. The van der Waals surface area contributed by atoms with Crippen LogP contribution in [0.3, 0.4) is 0 Å². The SMILES string of the molecule is COC(=O)c1ccc(NC(=O)c2sc3nc(C)cc(=O)n3c2C(=O)NCCc2ccccc2)cc1. The average molecular weight is 491 g/mol. The van der Waals surface area contributed by atoms with Crippen LogP contribution in [0.5, 0.6) is 0 Å². The summed E-state index contributed by atoms with van der Waals surface area (Å²) in [6, 6.07) is 17.1. The van der Waals surface area contributed by atoms with Gasteiger partial charge in [0.25, 0.3) is 17.4 Å². The summed E-state index contributed by atoms with van der Waals surface area (Å²) in [4.78, 5) is 55.3. The van der Waals surface area contributed by atoms with E-state index in [1.165, 1.54) is 25.3 Å². The summed E-state index contributed by atoms with van der Waals surface area (Å²) < 4.78 is 5.83. The minimum Gasteiger partial charge on any atom is -0.465 e. The number of anilines is 1. The molecule has 2 N–H and O–H groups in total. The lowest BCUT2D eigenvalue weighted by Gasteiger charge is -2.09. The van der Waals surface area contributed by atoms with Gasteiger partial charge in [-0.2, -0.15) is 0 Å². The second-order valence-corrected chi connectivity index (χ2v) is 8.63. The highest BCUT2D eigenvalue weighted by Gasteiger charge is 2.26. The van der Waals surface area contributed by atoms with Crippen molar-refractivity contribution in [2.75, 3.05) is 19.0 Å². The Morgan fingerprint density at radius 1 is 1.03 bits per heavy atom. The maximum Gasteiger partial charge on any atom is 0.337 e. The number of aromatic nitrogens is 2. The zero-order valence-corrected chi connectivity index (χ0v) is 19.8. The van der Waals surface area contributed by atoms with E-state index in [4.69, 9.17) is 0 Å². The molecule has 2 aromatic heterocycles. The molecule has 0 spiro atoms. The lowest BCUT2D eigenvalue weighted by molar-refractivity contribution is 0.0600. The number of esters is 1. The minimum absolute atomic E-state index is 0.0504. The maximum absolute atomic E-state index is 13.2. The van der Waals surface area contributed by atoms with Crippen molar-refractivity contribution < 1.29 is 19.1 Å². The van der Waals surface area contributed by atoms with Crippen LogP contribution in [0.4, 0.5) is 5.69 Å². The molecule has 0 bridgehead atoms. The number of hydrogen-bond acceptors (Lipinski definition) is 7. The Kier molecular flexibility index (Phi) is 7.02. The number of methoxy groups -OCH3 is 1. The standard InChI is InChI=1S/C25H22N4O5S/c1-15-14-19(30)29-20(22(31)26-13-12-16-6-4-3-5-7-16)21(35-25(29)27-15)23(32)28-18-10-8-17(9-11-18)24(33)34-2/h3-11,14H,12-13H2,1-2H3,(H,26,31)(H,28,32). The van der Waals surface area contributed by atoms with Gasteiger partial charge in [0.05, 0.1) is 12.7 Å². The molecular weight excluding hydrogens is 468 g/mol. The summed E-state index contributed by atoms with van der Waals surface area (Å²) in [5.41, 5.74) is 1.75. The van der Waals surface area contributed by atoms with Crippen molar-refractivity contribution in [1.29, 1.82) is 0 Å². The first-order chi connectivity index (χ1) is 16.9. The van der Waals surface area contributed by atoms with Gasteiger partial charge >= 0.3 is 5.97 Å². The lowest BCUT2D eigenvalue weighted by Crippen LogP contribution is -2.31. The Bertz CT molecular complexity index is 1460. The van der Waals surface area contributed by atoms with Gasteiger partial charge in [-0.1, -0.05) is 41.7 Å². The van der Waals surface area contributed by atoms with Crippen molar-refractivity contribution in [1.82, 2.24) is 14.7 Å². The Balaban J connectivity index is 1.62. The van der Waals surface area contributed by atoms with E-state index in [9.17, 15) is 19.2 Å². The molecule has 0 saturated heterocycles. The molecule has 2 heterocycles. The van der Waals surface area contributed by atoms with E-state index in [1.54, 1.807) is 19.1 Å². The third-order valence-electron chi connectivity index (χ3n) is 5.18. The highest BCUT2D eigenvalue weighted by molar-refractivity contribution is 7.19. The summed E-state index contributed by atoms with van der Waals surface area (Å²) in [5.74, 6) is -1.62. The quantitative estimate of drug-likeness (QED) is 0.384. The number of aryl methyl sites for hydroxylation is 1. The third kappa shape index (κ3) is 5.28. The van der Waals surface area contributed by atoms with Crippen LogP contribution in [-0.2, 0) is 11.2 Å². The van der Waals surface area contributed by atoms with Crippen molar-refractivity contribution >= 4 is 39.8 Å². The summed E-state index contributed by atoms with van der Waals surface area (Å²) in [6.45, 7) is 1.99. The van der Waals surface area contributed by atoms with Gasteiger partial charge in [0.1, 0.15) is 10.6 Å². The molecular formula is C25H22N4O5S. The monoisotopic (exact) mass is 490 g/mol. The minimum atomic E-state index is -0.573. The van der Waals surface area contributed by atoms with Gasteiger partial charge < -0.3 is 15.4 Å². The molecule has 0 radical (unpaired) electrons. The van der Waals surface area contributed by atoms with Gasteiger partial charge in [-0.05, 0) is 43.2 Å². The number of carbonyl (C=O) groups is 3. The largest absolute Gasteiger partial charge is 0.465 e. The average Bonchev–Trinajstić information content (AvgIpc) is 3.24. The van der Waals surface area contributed by atoms with Gasteiger partial charge in [0, 0.05) is 24.0 Å². The van der Waals surface area contributed by atoms with E-state index in [0.717, 1.165) is 21.3 Å². The predicted molar refractivity (Wildman–Crippen MR) is 132 cm³/mol. The summed E-state index contributed by atoms with van der Waals surface area (Å²) >= 11 is 0.954. The second kappa shape index (κ2) is 10.3. The van der Waals surface area contributed by atoms with Gasteiger partial charge in [-0.25, -0.2) is 14.2 Å². The van der Waals surface area contributed by atoms with Crippen LogP contribution >= 0.6 is 11.3 Å². The topological polar surface area (TPSA) is 119 Å². The third-order valence-corrected chi connectivity index (χ3v) is 6.21. The Labute approximate surface area is 204 Å². The smallest absolute Gasteiger partial charge is 0.337 e. The number of carbonyl (C=O) groups excluding carboxylic acids is 3. The van der Waals surface area contributed by atoms with E-state index in [1.807, 2.05) is 30.3 Å². The lowest BCUT2D eigenvalue weighted by atomic mass is 10.1. The number of nitrogens with zero attached hydrogens (tertiary/aromatic N) is 2. The molecule has 0 aliphatic rings. The first-order valence-corrected chi connectivity index (χ1v) is 11.5. The van der Waals surface area contributed by atoms with Crippen molar-refractivity contribution in [3.8, 4) is 0 Å². The van der Waals surface area contributed by atoms with E-state index in [0.29, 0.717) is 29.9 Å². The molecule has 0 saturated carbocycles. The van der Waals surface area contributed by atoms with E-state index < -0.39 is 23.3 Å². The Hall–Kier alpha value is -4.31. The number of hydrogen-bond donors (Lipinski definition) is 2. The summed E-state index contributed by atoms with van der Waals surface area (Å²) in [6.07, 6.45) is 0.592. The van der Waals surface area contributed by atoms with Crippen LogP contribution in [0, 0.1) is 6.92 Å². The maximum atomic E-state index is 13.2. The molecule has 2 aromatic carbocycles. The van der Waals surface area contributed by atoms with Crippen molar-refractivity contribution in [2.45, 2.75) is 13.3 Å². The number of amides is 2. The number of benzene rings is 2. The molecule has 4 rings (SSSR count). The predicted octanol–water partition coefficient (Wildman–Crippen LogP) is 3.08. The van der Waals surface area contributed by atoms with Crippen LogP contribution in [0.15, 0.2) is 65.5 Å². The van der Waals surface area contributed by atoms with E-state index >= 15 is 0 Å². The van der Waals surface area contributed by atoms with Crippen LogP contribution in [0.25, 0.3) is 4.96 Å². The molecule has 35 heavy (non-hydrogen) atoms. The van der Waals surface area contributed by atoms with Crippen LogP contribution < -0.4 is 16.2 Å². The van der Waals surface area contributed by atoms with Crippen molar-refractivity contribution in [3.05, 3.63) is 98.4 Å². The number of nitrogens with one attached hydrogen (secondary N) is 2. The Morgan fingerprint density at radius 3 is 2.43 bits per heavy atom. The van der Waals surface area contributed by atoms with E-state index in [-0.39, 0.29) is 15.5 Å². The van der Waals surface area contributed by atoms with E-state index in [2.05, 4.69) is 20.4 Å². The van der Waals surface area contributed by atoms with Crippen molar-refractivity contribution in [2.24, 2.45) is 0 Å². The Morgan fingerprint density at radius 2 is 1.74 bits per heavy atom. The van der Waals surface area contributed by atoms with Crippen molar-refractivity contribution in [3.63, 3.8) is 0 Å². The molecule has 0 aliphatic heterocycles. The van der Waals surface area contributed by atoms with Crippen LogP contribution in [0.2, 0.25) is 0 Å². The number of thiazole rings is 1. The molecule has 9 nitrogen and oxygen atoms in total. The van der Waals surface area contributed by atoms with Crippen LogP contribution in [0.1, 0.15) is 41.8 Å². The molecule has 0 atom stereocenters. The second-order valence-electron chi connectivity index (χ2n) is 7.65. The normalized spacial score (nSPS) is 10.7. The first kappa shape index (κ1) is 23.8. The molecule has 2 amide bonds. The summed E-state index contributed by atoms with van der Waals surface area (Å²) in [5, 5.41) is 5.51. The number of fused-ring (bicyclic) bond motifs is 1. The number of ether oxygens (including phenoxy) is 1. The number of rotatable bonds is 7. The van der Waals surface area contributed by atoms with Gasteiger partial charge in [0.15, 0.2) is 4.96 Å². The zero-order valence-electron chi connectivity index (χ0n) is 19.0. The first-order valence-electron chi connectivity index (χ1n) is 10.7. The van der Waals surface area contributed by atoms with Gasteiger partial charge in [0.2, 0.25) is 0 Å². The fraction of sp³-hybridized carbons (Fsp3) is 0.160. The summed E-state index contributed by atoms with van der Waals surface area (Å²) in [7, 11) is 1.28. The van der Waals surface area contributed by atoms with Gasteiger partial charge in [-0.15, -0.1) is 0 Å². The highest BCUT2D eigenvalue weighted by atomic mass is 32.1. The molecule has 0 fully saturated rings. The molecule has 4 aromatic rings. The zero-order chi connectivity index (χ0) is 24.9. The fourth-order valence-corrected chi connectivity index (χ4v) is 4.56. The van der Waals surface area contributed by atoms with Crippen LogP contribution in [-0.4, -0.2) is 40.8 Å². The molecule has 0 unspecified atom stereocenters. The molecule has 178 valence electrons.